The molecule has 2 N–H and O–H groups in total. The maximum atomic E-state index is 13.7. The molecule has 1 aliphatic rings. The lowest BCUT2D eigenvalue weighted by atomic mass is 9.99. The third kappa shape index (κ3) is 7.68. The van der Waals surface area contributed by atoms with E-state index in [4.69, 9.17) is 11.6 Å². The van der Waals surface area contributed by atoms with Crippen molar-refractivity contribution in [3.63, 3.8) is 0 Å². The number of rotatable bonds is 10. The molecule has 4 rings (SSSR count). The molecule has 3 heterocycles. The Hall–Kier alpha value is -2.43. The lowest BCUT2D eigenvalue weighted by molar-refractivity contribution is 0.0692. The van der Waals surface area contributed by atoms with Gasteiger partial charge in [0.1, 0.15) is 14.9 Å². The summed E-state index contributed by atoms with van der Waals surface area (Å²) in [7, 11) is -7.33. The first-order valence-corrected chi connectivity index (χ1v) is 19.4. The fourth-order valence-electron chi connectivity index (χ4n) is 4.51. The smallest absolute Gasteiger partial charge is 0.280 e. The minimum Gasteiger partial charge on any atom is -0.343 e. The lowest BCUT2D eigenvalue weighted by Crippen LogP contribution is -2.42. The summed E-state index contributed by atoms with van der Waals surface area (Å²) in [6, 6.07) is 2.98. The summed E-state index contributed by atoms with van der Waals surface area (Å²) in [6.45, 7) is 10.3. The third-order valence-corrected chi connectivity index (χ3v) is 13.8. The molecule has 3 aromatic rings. The van der Waals surface area contributed by atoms with Crippen molar-refractivity contribution in [2.45, 2.75) is 75.1 Å². The normalized spacial score (nSPS) is 15.0. The van der Waals surface area contributed by atoms with Crippen LogP contribution in [0.3, 0.4) is 0 Å². The fraction of sp³-hybridized carbons (Fsp3) is 0.500. The molecule has 0 unspecified atom stereocenters. The Balaban J connectivity index is 1.71. The van der Waals surface area contributed by atoms with E-state index >= 15 is 0 Å². The number of sulfonamides is 1. The van der Waals surface area contributed by atoms with Gasteiger partial charge in [-0.1, -0.05) is 31.5 Å². The second-order valence-electron chi connectivity index (χ2n) is 11.6. The molecule has 44 heavy (non-hydrogen) atoms. The highest BCUT2D eigenvalue weighted by atomic mass is 35.5. The first-order chi connectivity index (χ1) is 20.4. The molecule has 1 saturated heterocycles. The quantitative estimate of drug-likeness (QED) is 0.303. The summed E-state index contributed by atoms with van der Waals surface area (Å²) in [4.78, 5) is 37.6. The van der Waals surface area contributed by atoms with E-state index in [0.29, 0.717) is 46.4 Å². The number of sulfone groups is 1. The van der Waals surface area contributed by atoms with E-state index in [1.165, 1.54) is 18.3 Å². The monoisotopic (exact) mass is 701 g/mol. The molecule has 0 atom stereocenters. The van der Waals surface area contributed by atoms with E-state index in [2.05, 4.69) is 26.9 Å². The minimum atomic E-state index is -3.91. The second-order valence-corrected chi connectivity index (χ2v) is 18.0. The average Bonchev–Trinajstić information content (AvgIpc) is 3.61. The molecule has 0 aliphatic carbocycles. The number of carbonyl (C=O) groups is 2. The fourth-order valence-corrected chi connectivity index (χ4v) is 9.35. The number of hydrogen-bond donors (Lipinski definition) is 2. The van der Waals surface area contributed by atoms with E-state index in [9.17, 15) is 26.4 Å². The molecule has 0 saturated carbocycles. The number of hydrogen-bond acceptors (Lipinski definition) is 10. The number of aromatic nitrogens is 2. The van der Waals surface area contributed by atoms with E-state index in [0.717, 1.165) is 41.8 Å². The number of likely N-dealkylation sites (tertiary alicyclic amines) is 1. The topological polar surface area (TPSA) is 156 Å². The summed E-state index contributed by atoms with van der Waals surface area (Å²) in [5.41, 5.74) is 0.0808. The summed E-state index contributed by atoms with van der Waals surface area (Å²) < 4.78 is 52.9. The molecular formula is C28H36ClN5O6S4. The number of thiazole rings is 2. The van der Waals surface area contributed by atoms with Crippen LogP contribution in [0.5, 0.6) is 0 Å². The molecule has 1 aromatic carbocycles. The van der Waals surface area contributed by atoms with Gasteiger partial charge in [-0.2, -0.15) is 0 Å². The van der Waals surface area contributed by atoms with Crippen molar-refractivity contribution in [2.24, 2.45) is 5.92 Å². The number of piperidine rings is 1. The van der Waals surface area contributed by atoms with Gasteiger partial charge in [0.05, 0.1) is 27.5 Å². The number of halogens is 1. The molecule has 1 fully saturated rings. The van der Waals surface area contributed by atoms with Gasteiger partial charge < -0.3 is 10.2 Å². The van der Waals surface area contributed by atoms with Crippen LogP contribution in [-0.2, 0) is 26.4 Å². The maximum Gasteiger partial charge on any atom is 0.280 e. The molecule has 1 aliphatic heterocycles. The highest BCUT2D eigenvalue weighted by Crippen LogP contribution is 2.40. The van der Waals surface area contributed by atoms with Gasteiger partial charge in [0.25, 0.3) is 11.8 Å². The van der Waals surface area contributed by atoms with Crippen LogP contribution in [0.1, 0.15) is 77.8 Å². The number of nitrogens with zero attached hydrogens (tertiary/aromatic N) is 3. The minimum absolute atomic E-state index is 0.00500. The Morgan fingerprint density at radius 2 is 1.80 bits per heavy atom. The van der Waals surface area contributed by atoms with Crippen LogP contribution >= 0.6 is 34.3 Å². The van der Waals surface area contributed by atoms with Gasteiger partial charge in [-0.3, -0.25) is 9.59 Å². The Morgan fingerprint density at radius 3 is 2.39 bits per heavy atom. The summed E-state index contributed by atoms with van der Waals surface area (Å²) in [6.07, 6.45) is 4.58. The van der Waals surface area contributed by atoms with Crippen LogP contribution in [0, 0.1) is 12.8 Å². The molecule has 0 radical (unpaired) electrons. The van der Waals surface area contributed by atoms with Gasteiger partial charge in [-0.05, 0) is 57.6 Å². The van der Waals surface area contributed by atoms with Crippen molar-refractivity contribution in [2.75, 3.05) is 19.3 Å². The standard InChI is InChI=1S/C28H36ClN5O6S4/c1-7-28(4,5)33-44(39,40)19-9-8-18(22(29)17(19)3)24-23(27(36)34-12-10-16(2)11-13-34)32-26(42-24)25(35)31-14-20-30-15-21(41-20)43(6,37)38/h8-9,15-16,33H,7,10-14H2,1-6H3,(H,31,35). The van der Waals surface area contributed by atoms with Crippen LogP contribution in [0.4, 0.5) is 0 Å². The number of amides is 2. The van der Waals surface area contributed by atoms with E-state index in [-0.39, 0.29) is 37.3 Å². The predicted octanol–water partition coefficient (Wildman–Crippen LogP) is 4.90. The Labute approximate surface area is 271 Å². The number of benzene rings is 1. The van der Waals surface area contributed by atoms with Gasteiger partial charge in [0, 0.05) is 30.4 Å². The molecule has 11 nitrogen and oxygen atoms in total. The summed E-state index contributed by atoms with van der Waals surface area (Å²) >= 11 is 8.73. The molecule has 240 valence electrons. The number of carbonyl (C=O) groups excluding carboxylic acids is 2. The van der Waals surface area contributed by atoms with Gasteiger partial charge in [0.2, 0.25) is 10.0 Å². The summed E-state index contributed by atoms with van der Waals surface area (Å²) in [5.74, 6) is -0.421. The van der Waals surface area contributed by atoms with Crippen LogP contribution < -0.4 is 10.0 Å². The maximum absolute atomic E-state index is 13.7. The third-order valence-electron chi connectivity index (χ3n) is 7.56. The second kappa shape index (κ2) is 13.1. The molecule has 2 amide bonds. The van der Waals surface area contributed by atoms with Gasteiger partial charge in [0.15, 0.2) is 14.8 Å². The Bertz CT molecular complexity index is 1790. The largest absolute Gasteiger partial charge is 0.343 e. The predicted molar refractivity (Wildman–Crippen MR) is 173 cm³/mol. The molecule has 16 heteroatoms. The van der Waals surface area contributed by atoms with Crippen LogP contribution in [0.25, 0.3) is 10.4 Å². The Morgan fingerprint density at radius 1 is 1.14 bits per heavy atom. The van der Waals surface area contributed by atoms with Gasteiger partial charge in [-0.25, -0.2) is 31.5 Å². The van der Waals surface area contributed by atoms with E-state index < -0.39 is 31.3 Å². The van der Waals surface area contributed by atoms with Gasteiger partial charge >= 0.3 is 0 Å². The summed E-state index contributed by atoms with van der Waals surface area (Å²) in [5, 5.41) is 3.23. The van der Waals surface area contributed by atoms with Gasteiger partial charge in [-0.15, -0.1) is 22.7 Å². The van der Waals surface area contributed by atoms with Crippen molar-refractivity contribution in [1.82, 2.24) is 24.9 Å². The number of nitrogens with one attached hydrogen (secondary N) is 2. The zero-order chi connectivity index (χ0) is 32.6. The highest BCUT2D eigenvalue weighted by Gasteiger charge is 2.32. The lowest BCUT2D eigenvalue weighted by Gasteiger charge is -2.30. The Kier molecular flexibility index (Phi) is 10.3. The van der Waals surface area contributed by atoms with Crippen molar-refractivity contribution < 1.29 is 26.4 Å². The molecule has 0 bridgehead atoms. The first kappa shape index (κ1) is 34.4. The van der Waals surface area contributed by atoms with E-state index in [1.807, 2.05) is 6.92 Å². The molecule has 2 aromatic heterocycles. The highest BCUT2D eigenvalue weighted by molar-refractivity contribution is 7.92. The molecular weight excluding hydrogens is 666 g/mol. The van der Waals surface area contributed by atoms with Crippen molar-refractivity contribution in [3.05, 3.63) is 44.6 Å². The van der Waals surface area contributed by atoms with Crippen LogP contribution in [0.2, 0.25) is 5.02 Å². The van der Waals surface area contributed by atoms with Crippen molar-refractivity contribution in [3.8, 4) is 10.4 Å². The zero-order valence-corrected chi connectivity index (χ0v) is 29.4. The zero-order valence-electron chi connectivity index (χ0n) is 25.4. The average molecular weight is 702 g/mol. The SMILES string of the molecule is CCC(C)(C)NS(=O)(=O)c1ccc(-c2sc(C(=O)NCc3ncc(S(C)(=O)=O)s3)nc2C(=O)N2CCC(C)CC2)c(Cl)c1C. The van der Waals surface area contributed by atoms with E-state index in [1.54, 1.807) is 25.7 Å². The van der Waals surface area contributed by atoms with Crippen molar-refractivity contribution in [1.29, 1.82) is 0 Å². The van der Waals surface area contributed by atoms with Crippen LogP contribution in [0.15, 0.2) is 27.4 Å². The molecule has 0 spiro atoms. The first-order valence-electron chi connectivity index (χ1n) is 14.0. The van der Waals surface area contributed by atoms with Crippen molar-refractivity contribution >= 4 is 65.9 Å². The van der Waals surface area contributed by atoms with Crippen LogP contribution in [-0.4, -0.2) is 68.4 Å².